The first-order valence-electron chi connectivity index (χ1n) is 15.5. The number of nitrogens with zero attached hydrogens (tertiary/aromatic N) is 5. The van der Waals surface area contributed by atoms with Crippen molar-refractivity contribution >= 4 is 43.5 Å². The van der Waals surface area contributed by atoms with E-state index in [0.29, 0.717) is 17.2 Å². The van der Waals surface area contributed by atoms with Gasteiger partial charge >= 0.3 is 0 Å². The highest BCUT2D eigenvalue weighted by molar-refractivity contribution is 6.12. The zero-order valence-corrected chi connectivity index (χ0v) is 25.2. The van der Waals surface area contributed by atoms with Crippen LogP contribution in [0.2, 0.25) is 0 Å². The van der Waals surface area contributed by atoms with Crippen molar-refractivity contribution in [3.05, 3.63) is 158 Å². The fourth-order valence-electron chi connectivity index (χ4n) is 6.80. The molecule has 9 aromatic rings. The largest absolute Gasteiger partial charge is 0.278 e. The molecule has 0 aliphatic rings. The van der Waals surface area contributed by atoms with Gasteiger partial charge in [-0.05, 0) is 86.6 Å². The van der Waals surface area contributed by atoms with Crippen molar-refractivity contribution in [3.8, 4) is 45.4 Å². The molecule has 0 saturated carbocycles. The Morgan fingerprint density at radius 3 is 1.89 bits per heavy atom. The maximum Gasteiger partial charge on any atom is 0.236 e. The van der Waals surface area contributed by atoms with Gasteiger partial charge in [0.1, 0.15) is 6.07 Å². The molecule has 0 aliphatic carbocycles. The van der Waals surface area contributed by atoms with Crippen molar-refractivity contribution in [1.82, 2.24) is 19.5 Å². The third-order valence-corrected chi connectivity index (χ3v) is 9.00. The smallest absolute Gasteiger partial charge is 0.236 e. The lowest BCUT2D eigenvalue weighted by molar-refractivity contribution is 1.00. The number of aromatic nitrogens is 4. The van der Waals surface area contributed by atoms with E-state index in [1.54, 1.807) is 12.4 Å². The molecule has 218 valence electrons. The van der Waals surface area contributed by atoms with Gasteiger partial charge in [-0.2, -0.15) is 5.26 Å². The minimum absolute atomic E-state index is 0.346. The van der Waals surface area contributed by atoms with Crippen molar-refractivity contribution in [2.45, 2.75) is 0 Å². The molecule has 5 heteroatoms. The molecule has 6 aromatic carbocycles. The molecule has 0 bridgehead atoms. The Morgan fingerprint density at radius 1 is 0.468 bits per heavy atom. The summed E-state index contributed by atoms with van der Waals surface area (Å²) in [5, 5.41) is 15.5. The normalized spacial score (nSPS) is 11.4. The molecule has 0 unspecified atom stereocenters. The molecule has 0 radical (unpaired) electrons. The van der Waals surface area contributed by atoms with Crippen LogP contribution in [0.5, 0.6) is 0 Å². The Labute approximate surface area is 270 Å². The molecule has 9 rings (SSSR count). The topological polar surface area (TPSA) is 67.4 Å². The lowest BCUT2D eigenvalue weighted by atomic mass is 9.91. The Morgan fingerprint density at radius 2 is 1.13 bits per heavy atom. The zero-order valence-electron chi connectivity index (χ0n) is 25.2. The second-order valence-electron chi connectivity index (χ2n) is 11.6. The van der Waals surface area contributed by atoms with E-state index in [4.69, 9.17) is 9.97 Å². The van der Waals surface area contributed by atoms with Crippen LogP contribution in [0.4, 0.5) is 0 Å². The molecule has 3 heterocycles. The third kappa shape index (κ3) is 4.35. The van der Waals surface area contributed by atoms with Crippen molar-refractivity contribution in [2.75, 3.05) is 0 Å². The number of benzene rings is 6. The molecule has 0 amide bonds. The van der Waals surface area contributed by atoms with Gasteiger partial charge < -0.3 is 0 Å². The van der Waals surface area contributed by atoms with E-state index in [2.05, 4.69) is 119 Å². The SMILES string of the molecule is N#Cc1nc(-n2c3ccccc3c3cc(-c4ccc(-c5ccccc5)c5ccccc45)ccc32)nc2cc(-c3ccncc3)ccc12. The van der Waals surface area contributed by atoms with E-state index in [-0.39, 0.29) is 0 Å². The molecule has 0 spiro atoms. The predicted octanol–water partition coefficient (Wildman–Crippen LogP) is 10.1. The number of fused-ring (bicyclic) bond motifs is 5. The standard InChI is InChI=1S/C42H25N5/c43-26-39-36-16-14-29(27-20-22-44-23-21-27)25-38(36)45-42(46-39)47-40-13-7-6-12-35(40)37-24-30(15-19-41(37)47)32-18-17-31(28-8-2-1-3-9-28)33-10-4-5-11-34(32)33/h1-25H. The van der Waals surface area contributed by atoms with E-state index in [1.807, 2.05) is 36.4 Å². The van der Waals surface area contributed by atoms with Crippen LogP contribution in [0.15, 0.2) is 152 Å². The van der Waals surface area contributed by atoms with Crippen molar-refractivity contribution < 1.29 is 0 Å². The molecule has 47 heavy (non-hydrogen) atoms. The van der Waals surface area contributed by atoms with Gasteiger partial charge in [0.25, 0.3) is 0 Å². The molecule has 5 nitrogen and oxygen atoms in total. The van der Waals surface area contributed by atoms with Gasteiger partial charge in [-0.3, -0.25) is 9.55 Å². The molecule has 3 aromatic heterocycles. The van der Waals surface area contributed by atoms with Crippen LogP contribution in [0.25, 0.3) is 82.8 Å². The Balaban J connectivity index is 1.25. The Kier molecular flexibility index (Phi) is 6.12. The molecule has 0 N–H and O–H groups in total. The van der Waals surface area contributed by atoms with Gasteiger partial charge in [0.2, 0.25) is 5.95 Å². The second kappa shape index (κ2) is 10.8. The molecule has 0 saturated heterocycles. The summed E-state index contributed by atoms with van der Waals surface area (Å²) in [6, 6.07) is 50.7. The summed E-state index contributed by atoms with van der Waals surface area (Å²) in [6.07, 6.45) is 3.55. The van der Waals surface area contributed by atoms with E-state index >= 15 is 0 Å². The molecular weight excluding hydrogens is 574 g/mol. The maximum atomic E-state index is 10.2. The Hall–Kier alpha value is -6.64. The average molecular weight is 600 g/mol. The fraction of sp³-hybridized carbons (Fsp3) is 0. The first kappa shape index (κ1) is 26.7. The van der Waals surface area contributed by atoms with Crippen LogP contribution in [0, 0.1) is 11.3 Å². The highest BCUT2D eigenvalue weighted by Crippen LogP contribution is 2.39. The van der Waals surface area contributed by atoms with Gasteiger partial charge in [-0.15, -0.1) is 0 Å². The lowest BCUT2D eigenvalue weighted by Crippen LogP contribution is -2.03. The van der Waals surface area contributed by atoms with Crippen LogP contribution < -0.4 is 0 Å². The fourth-order valence-corrected chi connectivity index (χ4v) is 6.80. The highest BCUT2D eigenvalue weighted by atomic mass is 15.2. The van der Waals surface area contributed by atoms with Gasteiger partial charge in [-0.1, -0.05) is 97.1 Å². The summed E-state index contributed by atoms with van der Waals surface area (Å²) < 4.78 is 2.07. The summed E-state index contributed by atoms with van der Waals surface area (Å²) >= 11 is 0. The number of rotatable bonds is 4. The molecule has 0 aliphatic heterocycles. The average Bonchev–Trinajstić information content (AvgIpc) is 3.48. The quantitative estimate of drug-likeness (QED) is 0.202. The van der Waals surface area contributed by atoms with Gasteiger partial charge in [0, 0.05) is 28.6 Å². The Bertz CT molecular complexity index is 2690. The number of pyridine rings is 1. The first-order chi connectivity index (χ1) is 23.3. The van der Waals surface area contributed by atoms with E-state index in [0.717, 1.165) is 43.9 Å². The van der Waals surface area contributed by atoms with Gasteiger partial charge in [0.05, 0.1) is 16.6 Å². The van der Waals surface area contributed by atoms with Crippen LogP contribution in [-0.4, -0.2) is 19.5 Å². The summed E-state index contributed by atoms with van der Waals surface area (Å²) in [4.78, 5) is 14.0. The van der Waals surface area contributed by atoms with Crippen molar-refractivity contribution in [1.29, 1.82) is 5.26 Å². The number of hydrogen-bond acceptors (Lipinski definition) is 4. The summed E-state index contributed by atoms with van der Waals surface area (Å²) in [7, 11) is 0. The minimum atomic E-state index is 0.346. The van der Waals surface area contributed by atoms with Crippen molar-refractivity contribution in [3.63, 3.8) is 0 Å². The molecule has 0 fully saturated rings. The number of para-hydroxylation sites is 1. The summed E-state index contributed by atoms with van der Waals surface area (Å²) in [5.74, 6) is 0.470. The first-order valence-corrected chi connectivity index (χ1v) is 15.5. The second-order valence-corrected chi connectivity index (χ2v) is 11.6. The highest BCUT2D eigenvalue weighted by Gasteiger charge is 2.18. The third-order valence-electron chi connectivity index (χ3n) is 9.00. The van der Waals surface area contributed by atoms with Crippen LogP contribution >= 0.6 is 0 Å². The van der Waals surface area contributed by atoms with E-state index < -0.39 is 0 Å². The van der Waals surface area contributed by atoms with Crippen LogP contribution in [-0.2, 0) is 0 Å². The van der Waals surface area contributed by atoms with E-state index in [1.165, 1.54) is 27.5 Å². The monoisotopic (exact) mass is 599 g/mol. The van der Waals surface area contributed by atoms with Gasteiger partial charge in [-0.25, -0.2) is 9.97 Å². The number of hydrogen-bond donors (Lipinski definition) is 0. The van der Waals surface area contributed by atoms with E-state index in [9.17, 15) is 5.26 Å². The number of nitriles is 1. The molecular formula is C42H25N5. The van der Waals surface area contributed by atoms with Crippen molar-refractivity contribution in [2.24, 2.45) is 0 Å². The van der Waals surface area contributed by atoms with Crippen LogP contribution in [0.3, 0.4) is 0 Å². The van der Waals surface area contributed by atoms with Gasteiger partial charge in [0.15, 0.2) is 5.69 Å². The molecule has 0 atom stereocenters. The maximum absolute atomic E-state index is 10.2. The predicted molar refractivity (Wildman–Crippen MR) is 190 cm³/mol. The van der Waals surface area contributed by atoms with Crippen LogP contribution in [0.1, 0.15) is 5.69 Å². The summed E-state index contributed by atoms with van der Waals surface area (Å²) in [5.41, 5.74) is 9.80. The lowest BCUT2D eigenvalue weighted by Gasteiger charge is -2.13. The minimum Gasteiger partial charge on any atom is -0.278 e. The summed E-state index contributed by atoms with van der Waals surface area (Å²) in [6.45, 7) is 0. The zero-order chi connectivity index (χ0) is 31.3.